The summed E-state index contributed by atoms with van der Waals surface area (Å²) in [5, 5.41) is 0. The quantitative estimate of drug-likeness (QED) is 0.0306. The first-order chi connectivity index (χ1) is 20.5. The largest absolute Gasteiger partial charge is 2.00 e. The van der Waals surface area contributed by atoms with E-state index >= 15 is 0 Å². The Balaban J connectivity index is -0.000000727. The van der Waals surface area contributed by atoms with Crippen molar-refractivity contribution in [2.24, 2.45) is 0 Å². The molecular formula is C36H70FeO4P2+2. The van der Waals surface area contributed by atoms with Crippen molar-refractivity contribution in [2.45, 2.75) is 194 Å². The second-order valence-electron chi connectivity index (χ2n) is 12.0. The Morgan fingerprint density at radius 1 is 0.372 bits per heavy atom. The van der Waals surface area contributed by atoms with Crippen LogP contribution in [-0.2, 0) is 26.2 Å². The van der Waals surface area contributed by atoms with Crippen molar-refractivity contribution in [3.05, 3.63) is 24.3 Å². The second-order valence-corrected chi connectivity index (χ2v) is 14.2. The zero-order valence-electron chi connectivity index (χ0n) is 28.4. The van der Waals surface area contributed by atoms with Crippen LogP contribution in [0.4, 0.5) is 0 Å². The Bertz CT molecular complexity index is 562. The van der Waals surface area contributed by atoms with Gasteiger partial charge in [-0.25, -0.2) is 0 Å². The molecule has 0 aliphatic heterocycles. The molecule has 0 heterocycles. The van der Waals surface area contributed by atoms with Crippen LogP contribution in [-0.4, -0.2) is 12.3 Å². The van der Waals surface area contributed by atoms with Crippen LogP contribution in [0.2, 0.25) is 0 Å². The monoisotopic (exact) mass is 684 g/mol. The molecule has 0 amide bonds. The van der Waals surface area contributed by atoms with Gasteiger partial charge in [0.1, 0.15) is 12.3 Å². The van der Waals surface area contributed by atoms with Crippen LogP contribution < -0.4 is 9.79 Å². The molecule has 2 atom stereocenters. The predicted molar refractivity (Wildman–Crippen MR) is 184 cm³/mol. The molecule has 0 aromatic carbocycles. The van der Waals surface area contributed by atoms with Gasteiger partial charge in [0.2, 0.25) is 0 Å². The van der Waals surface area contributed by atoms with Crippen molar-refractivity contribution in [1.29, 1.82) is 0 Å². The minimum Gasteiger partial charge on any atom is -0.596 e. The van der Waals surface area contributed by atoms with Gasteiger partial charge in [-0.1, -0.05) is 150 Å². The molecule has 0 aliphatic rings. The van der Waals surface area contributed by atoms with E-state index in [4.69, 9.17) is 0 Å². The standard InChI is InChI=1S/2C18H35O2P.Fe/c2*1-2-3-4-5-6-7-8-9-10-11-12-13-14-15-16-17-18-21(19)20;/h2*9-10H,2-8,11-18H2,1H3;/q;;+2/b2*10-9-;. The summed E-state index contributed by atoms with van der Waals surface area (Å²) in [6.45, 7) is 4.52. The summed E-state index contributed by atoms with van der Waals surface area (Å²) in [7, 11) is -4.30. The Hall–Kier alpha value is 0.119. The summed E-state index contributed by atoms with van der Waals surface area (Å²) in [5.41, 5.74) is 0. The molecule has 43 heavy (non-hydrogen) atoms. The molecule has 4 nitrogen and oxygen atoms in total. The molecule has 2 unspecified atom stereocenters. The molecule has 0 N–H and O–H groups in total. The third-order valence-corrected chi connectivity index (χ3v) is 9.07. The Labute approximate surface area is 281 Å². The summed E-state index contributed by atoms with van der Waals surface area (Å²) in [5.74, 6) is 0. The van der Waals surface area contributed by atoms with Crippen LogP contribution in [0.15, 0.2) is 24.3 Å². The van der Waals surface area contributed by atoms with E-state index < -0.39 is 16.1 Å². The van der Waals surface area contributed by atoms with E-state index in [1.807, 2.05) is 0 Å². The van der Waals surface area contributed by atoms with Crippen molar-refractivity contribution >= 4 is 16.1 Å². The van der Waals surface area contributed by atoms with Gasteiger partial charge < -0.3 is 9.79 Å². The van der Waals surface area contributed by atoms with E-state index in [-0.39, 0.29) is 17.1 Å². The van der Waals surface area contributed by atoms with Crippen LogP contribution >= 0.6 is 16.1 Å². The predicted octanol–water partition coefficient (Wildman–Crippen LogP) is 12.3. The van der Waals surface area contributed by atoms with Crippen molar-refractivity contribution in [3.8, 4) is 0 Å². The number of hydrogen-bond acceptors (Lipinski definition) is 4. The fourth-order valence-electron chi connectivity index (χ4n) is 4.98. The maximum Gasteiger partial charge on any atom is 2.00 e. The van der Waals surface area contributed by atoms with Gasteiger partial charge in [-0.05, 0) is 77.0 Å². The molecule has 0 bridgehead atoms. The zero-order valence-corrected chi connectivity index (χ0v) is 31.3. The molecule has 0 aromatic rings. The van der Waals surface area contributed by atoms with Crippen LogP contribution in [0.1, 0.15) is 194 Å². The molecule has 0 saturated heterocycles. The molecule has 0 spiro atoms. The van der Waals surface area contributed by atoms with E-state index in [0.29, 0.717) is 12.3 Å². The second kappa shape index (κ2) is 44.2. The van der Waals surface area contributed by atoms with Gasteiger partial charge in [0.15, 0.2) is 0 Å². The van der Waals surface area contributed by atoms with Crippen molar-refractivity contribution in [1.82, 2.24) is 0 Å². The maximum absolute atomic E-state index is 10.4. The van der Waals surface area contributed by atoms with Gasteiger partial charge in [0.25, 0.3) is 0 Å². The minimum atomic E-state index is -2.15. The summed E-state index contributed by atoms with van der Waals surface area (Å²) in [4.78, 5) is 20.8. The van der Waals surface area contributed by atoms with E-state index in [1.54, 1.807) is 0 Å². The average Bonchev–Trinajstić information content (AvgIpc) is 2.97. The summed E-state index contributed by atoms with van der Waals surface area (Å²) in [6.07, 6.45) is 45.4. The third kappa shape index (κ3) is 52.0. The normalized spacial score (nSPS) is 11.9. The smallest absolute Gasteiger partial charge is 0.596 e. The van der Waals surface area contributed by atoms with Gasteiger partial charge in [0.05, 0.1) is 0 Å². The maximum atomic E-state index is 10.4. The van der Waals surface area contributed by atoms with Gasteiger partial charge >= 0.3 is 33.1 Å². The van der Waals surface area contributed by atoms with Gasteiger partial charge in [-0.15, -0.1) is 0 Å². The summed E-state index contributed by atoms with van der Waals surface area (Å²) in [6, 6.07) is 0. The molecule has 0 radical (unpaired) electrons. The van der Waals surface area contributed by atoms with E-state index in [2.05, 4.69) is 38.2 Å². The molecule has 254 valence electrons. The zero-order chi connectivity index (χ0) is 31.2. The number of unbranched alkanes of at least 4 members (excludes halogenated alkanes) is 24. The molecule has 0 saturated carbocycles. The SMILES string of the molecule is CCCCCCCC/C=C\CCCCCCCC[P+](=O)[O-].CCCCCCCC/C=C\CCCCCCCC[P+](=O)[O-].[Fe+2]. The third-order valence-electron chi connectivity index (χ3n) is 7.70. The Kier molecular flexibility index (Phi) is 48.9. The van der Waals surface area contributed by atoms with Gasteiger partial charge in [-0.3, -0.25) is 0 Å². The fraction of sp³-hybridized carbons (Fsp3) is 0.889. The van der Waals surface area contributed by atoms with Gasteiger partial charge in [0, 0.05) is 0 Å². The Morgan fingerprint density at radius 3 is 0.814 bits per heavy atom. The van der Waals surface area contributed by atoms with Crippen LogP contribution in [0.25, 0.3) is 0 Å². The van der Waals surface area contributed by atoms with Crippen molar-refractivity contribution in [2.75, 3.05) is 12.3 Å². The minimum absolute atomic E-state index is 0. The van der Waals surface area contributed by atoms with E-state index in [1.165, 1.54) is 154 Å². The molecule has 0 rings (SSSR count). The first-order valence-electron chi connectivity index (χ1n) is 18.1. The van der Waals surface area contributed by atoms with Gasteiger partial charge in [-0.2, -0.15) is 0 Å². The molecule has 0 aliphatic carbocycles. The molecular weight excluding hydrogens is 614 g/mol. The van der Waals surface area contributed by atoms with Crippen molar-refractivity contribution in [3.63, 3.8) is 0 Å². The summed E-state index contributed by atoms with van der Waals surface area (Å²) >= 11 is 0. The first-order valence-corrected chi connectivity index (χ1v) is 20.8. The van der Waals surface area contributed by atoms with Crippen LogP contribution in [0.3, 0.4) is 0 Å². The number of hydrogen-bond donors (Lipinski definition) is 0. The number of rotatable bonds is 32. The average molecular weight is 685 g/mol. The number of allylic oxidation sites excluding steroid dienone is 4. The molecule has 0 fully saturated rings. The van der Waals surface area contributed by atoms with Crippen LogP contribution in [0.5, 0.6) is 0 Å². The van der Waals surface area contributed by atoms with E-state index in [0.717, 1.165) is 25.7 Å². The molecule has 7 heteroatoms. The topological polar surface area (TPSA) is 80.3 Å². The van der Waals surface area contributed by atoms with E-state index in [9.17, 15) is 18.9 Å². The molecule has 0 aromatic heterocycles. The Morgan fingerprint density at radius 2 is 0.581 bits per heavy atom. The fourth-order valence-corrected chi connectivity index (χ4v) is 5.94. The van der Waals surface area contributed by atoms with Crippen molar-refractivity contribution < 1.29 is 36.0 Å². The first kappa shape index (κ1) is 47.5. The van der Waals surface area contributed by atoms with Crippen LogP contribution in [0, 0.1) is 0 Å². The summed E-state index contributed by atoms with van der Waals surface area (Å²) < 4.78 is 20.8.